The van der Waals surface area contributed by atoms with Gasteiger partial charge < -0.3 is 15.4 Å². The molecule has 1 aromatic rings. The fraction of sp³-hybridized carbons (Fsp3) is 0.462. The first-order valence-electron chi connectivity index (χ1n) is 6.35. The van der Waals surface area contributed by atoms with Gasteiger partial charge >= 0.3 is 5.97 Å². The molecular weight excluding hydrogens is 312 g/mol. The van der Waals surface area contributed by atoms with Crippen LogP contribution in [0.5, 0.6) is 0 Å². The summed E-state index contributed by atoms with van der Waals surface area (Å²) in [6.07, 6.45) is 1.23. The molecule has 0 saturated carbocycles. The molecule has 0 bridgehead atoms. The summed E-state index contributed by atoms with van der Waals surface area (Å²) in [4.78, 5) is 13.5. The smallest absolute Gasteiger partial charge is 0.340 e. The van der Waals surface area contributed by atoms with Crippen molar-refractivity contribution in [1.82, 2.24) is 0 Å². The second kappa shape index (κ2) is 6.15. The molecule has 2 rings (SSSR count). The van der Waals surface area contributed by atoms with Crippen LogP contribution in [0.4, 0.5) is 11.4 Å². The lowest BCUT2D eigenvalue weighted by Crippen LogP contribution is -2.47. The zero-order chi connectivity index (χ0) is 15.6. The zero-order valence-electron chi connectivity index (χ0n) is 11.9. The van der Waals surface area contributed by atoms with Gasteiger partial charge in [0, 0.05) is 35.7 Å². The summed E-state index contributed by atoms with van der Waals surface area (Å²) in [7, 11) is -1.93. The van der Waals surface area contributed by atoms with E-state index in [-0.39, 0.29) is 5.56 Å². The van der Waals surface area contributed by atoms with Crippen LogP contribution in [0.1, 0.15) is 10.4 Å². The molecular formula is C13H18N2O4S2. The monoisotopic (exact) mass is 330 g/mol. The van der Waals surface area contributed by atoms with Crippen molar-refractivity contribution in [2.24, 2.45) is 0 Å². The van der Waals surface area contributed by atoms with Crippen molar-refractivity contribution in [3.8, 4) is 0 Å². The third-order valence-electron chi connectivity index (χ3n) is 3.35. The summed E-state index contributed by atoms with van der Waals surface area (Å²) in [6.45, 7) is 0.604. The number of nitrogens with two attached hydrogens (primary N) is 1. The van der Waals surface area contributed by atoms with Gasteiger partial charge in [0.2, 0.25) is 0 Å². The van der Waals surface area contributed by atoms with Crippen molar-refractivity contribution in [3.05, 3.63) is 23.8 Å². The van der Waals surface area contributed by atoms with E-state index in [2.05, 4.69) is 0 Å². The maximum atomic E-state index is 11.9. The maximum Gasteiger partial charge on any atom is 0.340 e. The van der Waals surface area contributed by atoms with Crippen molar-refractivity contribution in [2.75, 3.05) is 42.0 Å². The highest BCUT2D eigenvalue weighted by Crippen LogP contribution is 2.29. The molecule has 1 aliphatic heterocycles. The van der Waals surface area contributed by atoms with Gasteiger partial charge in [-0.15, -0.1) is 0 Å². The highest BCUT2D eigenvalue weighted by Gasteiger charge is 2.31. The van der Waals surface area contributed by atoms with Crippen LogP contribution >= 0.6 is 11.8 Å². The largest absolute Gasteiger partial charge is 0.465 e. The highest BCUT2D eigenvalue weighted by molar-refractivity contribution is 8.01. The first-order valence-corrected chi connectivity index (χ1v) is 9.46. The number of rotatable bonds is 3. The maximum absolute atomic E-state index is 11.9. The first kappa shape index (κ1) is 16.0. The second-order valence-corrected chi connectivity index (χ2v) is 8.17. The van der Waals surface area contributed by atoms with E-state index < -0.39 is 21.2 Å². The summed E-state index contributed by atoms with van der Waals surface area (Å²) >= 11 is 1.61. The van der Waals surface area contributed by atoms with Gasteiger partial charge in [-0.05, 0) is 18.2 Å². The average Bonchev–Trinajstić information content (AvgIpc) is 2.46. The molecule has 1 fully saturated rings. The van der Waals surface area contributed by atoms with Gasteiger partial charge in [-0.25, -0.2) is 13.2 Å². The van der Waals surface area contributed by atoms with Gasteiger partial charge in [-0.2, -0.15) is 11.8 Å². The summed E-state index contributed by atoms with van der Waals surface area (Å²) in [5.74, 6) is 0.817. The normalized spacial score (nSPS) is 19.3. The lowest BCUT2D eigenvalue weighted by Gasteiger charge is -2.36. The van der Waals surface area contributed by atoms with E-state index in [9.17, 15) is 13.2 Å². The quantitative estimate of drug-likeness (QED) is 0.652. The number of carbonyl (C=O) groups is 1. The van der Waals surface area contributed by atoms with Gasteiger partial charge in [0.05, 0.1) is 12.7 Å². The molecule has 21 heavy (non-hydrogen) atoms. The van der Waals surface area contributed by atoms with Crippen LogP contribution in [0, 0.1) is 0 Å². The van der Waals surface area contributed by atoms with Crippen molar-refractivity contribution >= 4 is 38.9 Å². The molecule has 2 N–H and O–H groups in total. The number of hydrogen-bond acceptors (Lipinski definition) is 7. The second-order valence-electron chi connectivity index (χ2n) is 4.82. The van der Waals surface area contributed by atoms with E-state index in [1.807, 2.05) is 0 Å². The minimum atomic E-state index is -3.21. The molecule has 1 aliphatic rings. The Morgan fingerprint density at radius 3 is 2.81 bits per heavy atom. The van der Waals surface area contributed by atoms with E-state index in [0.717, 1.165) is 5.75 Å². The Balaban J connectivity index is 2.42. The fourth-order valence-electron chi connectivity index (χ4n) is 2.24. The van der Waals surface area contributed by atoms with Crippen LogP contribution < -0.4 is 10.6 Å². The first-order chi connectivity index (χ1) is 9.84. The van der Waals surface area contributed by atoms with Gasteiger partial charge in [-0.3, -0.25) is 0 Å². The molecule has 1 heterocycles. The van der Waals surface area contributed by atoms with Crippen LogP contribution in [0.3, 0.4) is 0 Å². The van der Waals surface area contributed by atoms with E-state index in [0.29, 0.717) is 23.7 Å². The number of hydrogen-bond donors (Lipinski definition) is 1. The van der Waals surface area contributed by atoms with E-state index in [4.69, 9.17) is 10.5 Å². The minimum absolute atomic E-state index is 0.250. The zero-order valence-corrected chi connectivity index (χ0v) is 13.5. The van der Waals surface area contributed by atoms with E-state index in [1.165, 1.54) is 13.4 Å². The van der Waals surface area contributed by atoms with Crippen LogP contribution in [0.2, 0.25) is 0 Å². The number of esters is 1. The molecule has 0 amide bonds. The van der Waals surface area contributed by atoms with Gasteiger partial charge in [0.1, 0.15) is 5.37 Å². The summed E-state index contributed by atoms with van der Waals surface area (Å²) in [6, 6.07) is 4.92. The Morgan fingerprint density at radius 2 is 2.19 bits per heavy atom. The number of nitrogens with zero attached hydrogens (tertiary/aromatic N) is 1. The average molecular weight is 330 g/mol. The molecule has 0 aromatic heterocycles. The molecule has 116 valence electrons. The Morgan fingerprint density at radius 1 is 1.48 bits per heavy atom. The standard InChI is InChI=1S/C13H18N2O4S2/c1-19-13(16)10-7-9(3-4-11(10)14)15-5-6-20-8-12(15)21(2,17)18/h3-4,7,12H,5-6,8,14H2,1-2H3. The molecule has 1 unspecified atom stereocenters. The van der Waals surface area contributed by atoms with Gasteiger partial charge in [-0.1, -0.05) is 0 Å². The van der Waals surface area contributed by atoms with Crippen LogP contribution in [0.25, 0.3) is 0 Å². The van der Waals surface area contributed by atoms with Crippen molar-refractivity contribution < 1.29 is 17.9 Å². The SMILES string of the molecule is COC(=O)c1cc(N2CCSCC2S(C)(=O)=O)ccc1N. The van der Waals surface area contributed by atoms with Crippen molar-refractivity contribution in [3.63, 3.8) is 0 Å². The highest BCUT2D eigenvalue weighted by atomic mass is 32.2. The summed E-state index contributed by atoms with van der Waals surface area (Å²) in [5.41, 5.74) is 7.00. The van der Waals surface area contributed by atoms with Gasteiger partial charge in [0.25, 0.3) is 0 Å². The molecule has 1 aromatic carbocycles. The molecule has 8 heteroatoms. The predicted octanol–water partition coefficient (Wildman–Crippen LogP) is 0.979. The number of ether oxygens (including phenoxy) is 1. The lowest BCUT2D eigenvalue weighted by molar-refractivity contribution is 0.0602. The van der Waals surface area contributed by atoms with E-state index in [1.54, 1.807) is 34.9 Å². The third-order valence-corrected chi connectivity index (χ3v) is 6.00. The molecule has 0 aliphatic carbocycles. The Bertz CT molecular complexity index is 646. The number of anilines is 2. The van der Waals surface area contributed by atoms with Crippen molar-refractivity contribution in [1.29, 1.82) is 0 Å². The molecule has 6 nitrogen and oxygen atoms in total. The third kappa shape index (κ3) is 3.44. The number of sulfone groups is 1. The Kier molecular flexibility index (Phi) is 4.67. The molecule has 1 saturated heterocycles. The van der Waals surface area contributed by atoms with Gasteiger partial charge in [0.15, 0.2) is 9.84 Å². The van der Waals surface area contributed by atoms with Crippen LogP contribution in [0.15, 0.2) is 18.2 Å². The topological polar surface area (TPSA) is 89.7 Å². The number of nitrogen functional groups attached to an aromatic ring is 1. The number of methoxy groups -OCH3 is 1. The number of thioether (sulfide) groups is 1. The van der Waals surface area contributed by atoms with Crippen LogP contribution in [-0.4, -0.2) is 51.2 Å². The Hall–Kier alpha value is -1.41. The Labute approximate surface area is 128 Å². The van der Waals surface area contributed by atoms with Crippen molar-refractivity contribution in [2.45, 2.75) is 5.37 Å². The molecule has 0 spiro atoms. The lowest BCUT2D eigenvalue weighted by atomic mass is 10.1. The van der Waals surface area contributed by atoms with E-state index >= 15 is 0 Å². The predicted molar refractivity (Wildman–Crippen MR) is 85.5 cm³/mol. The fourth-order valence-corrected chi connectivity index (χ4v) is 5.08. The molecule has 0 radical (unpaired) electrons. The summed E-state index contributed by atoms with van der Waals surface area (Å²) in [5, 5.41) is -0.592. The minimum Gasteiger partial charge on any atom is -0.465 e. The number of benzene rings is 1. The molecule has 1 atom stereocenters. The number of carbonyl (C=O) groups excluding carboxylic acids is 1. The summed E-state index contributed by atoms with van der Waals surface area (Å²) < 4.78 is 28.6. The van der Waals surface area contributed by atoms with Crippen LogP contribution in [-0.2, 0) is 14.6 Å².